The van der Waals surface area contributed by atoms with E-state index in [4.69, 9.17) is 10.9 Å². The summed E-state index contributed by atoms with van der Waals surface area (Å²) < 4.78 is 1.51. The van der Waals surface area contributed by atoms with Crippen LogP contribution in [0.15, 0.2) is 78.0 Å². The summed E-state index contributed by atoms with van der Waals surface area (Å²) >= 11 is 0. The molecule has 0 saturated heterocycles. The van der Waals surface area contributed by atoms with Gasteiger partial charge < -0.3 is 15.6 Å². The van der Waals surface area contributed by atoms with Gasteiger partial charge >= 0.3 is 0 Å². The zero-order chi connectivity index (χ0) is 22.5. The molecule has 0 atom stereocenters. The Bertz CT molecular complexity index is 1290. The molecule has 0 aliphatic carbocycles. The summed E-state index contributed by atoms with van der Waals surface area (Å²) in [7, 11) is 0. The molecule has 10 heteroatoms. The second kappa shape index (κ2) is 9.06. The first-order valence-corrected chi connectivity index (χ1v) is 9.58. The molecule has 2 aromatic carbocycles. The number of hydrogen-bond donors (Lipinski definition) is 4. The van der Waals surface area contributed by atoms with Crippen LogP contribution in [0.2, 0.25) is 0 Å². The van der Waals surface area contributed by atoms with Crippen molar-refractivity contribution in [1.82, 2.24) is 25.0 Å². The van der Waals surface area contributed by atoms with Crippen molar-refractivity contribution in [3.05, 3.63) is 94.7 Å². The maximum Gasteiger partial charge on any atom is 0.294 e. The summed E-state index contributed by atoms with van der Waals surface area (Å²) in [5, 5.41) is 11.8. The monoisotopic (exact) mass is 429 g/mol. The van der Waals surface area contributed by atoms with Crippen LogP contribution in [0, 0.1) is 0 Å². The zero-order valence-corrected chi connectivity index (χ0v) is 16.8. The smallest absolute Gasteiger partial charge is 0.294 e. The fourth-order valence-corrected chi connectivity index (χ4v) is 3.03. The Kier molecular flexibility index (Phi) is 5.86. The highest BCUT2D eigenvalue weighted by Gasteiger charge is 2.12. The van der Waals surface area contributed by atoms with Crippen molar-refractivity contribution in [3.63, 3.8) is 0 Å². The summed E-state index contributed by atoms with van der Waals surface area (Å²) in [5.74, 6) is -0.337. The van der Waals surface area contributed by atoms with E-state index in [-0.39, 0.29) is 23.9 Å². The number of amides is 1. The highest BCUT2D eigenvalue weighted by molar-refractivity contribution is 5.93. The van der Waals surface area contributed by atoms with Crippen LogP contribution in [0.1, 0.15) is 15.9 Å². The van der Waals surface area contributed by atoms with Gasteiger partial charge in [0.15, 0.2) is 5.82 Å². The molecule has 32 heavy (non-hydrogen) atoms. The number of rotatable bonds is 6. The lowest BCUT2D eigenvalue weighted by atomic mass is 10.1. The topological polar surface area (TPSA) is 148 Å². The third-order valence-electron chi connectivity index (χ3n) is 4.65. The molecule has 0 aliphatic rings. The van der Waals surface area contributed by atoms with Crippen LogP contribution >= 0.6 is 0 Å². The van der Waals surface area contributed by atoms with Crippen molar-refractivity contribution in [2.45, 2.75) is 6.54 Å². The van der Waals surface area contributed by atoms with Gasteiger partial charge in [-0.05, 0) is 29.8 Å². The van der Waals surface area contributed by atoms with Gasteiger partial charge in [0.2, 0.25) is 5.95 Å². The van der Waals surface area contributed by atoms with Gasteiger partial charge in [-0.15, -0.1) is 0 Å². The molecule has 2 heterocycles. The number of nitrogens with one attached hydrogen (secondary N) is 2. The van der Waals surface area contributed by atoms with E-state index in [1.54, 1.807) is 35.9 Å². The molecule has 4 rings (SSSR count). The van der Waals surface area contributed by atoms with Gasteiger partial charge in [0.1, 0.15) is 0 Å². The van der Waals surface area contributed by atoms with E-state index in [2.05, 4.69) is 20.3 Å². The van der Waals surface area contributed by atoms with E-state index in [9.17, 15) is 9.59 Å². The van der Waals surface area contributed by atoms with Gasteiger partial charge in [-0.25, -0.2) is 20.4 Å². The van der Waals surface area contributed by atoms with Crippen LogP contribution in [0.3, 0.4) is 0 Å². The molecule has 5 N–H and O–H groups in total. The summed E-state index contributed by atoms with van der Waals surface area (Å²) in [5.41, 5.74) is 9.71. The van der Waals surface area contributed by atoms with Gasteiger partial charge in [-0.3, -0.25) is 14.8 Å². The minimum Gasteiger partial charge on any atom is -0.368 e. The fraction of sp³-hybridized carbons (Fsp3) is 0.0455. The maximum absolute atomic E-state index is 13.1. The number of benzene rings is 2. The Morgan fingerprint density at radius 2 is 1.72 bits per heavy atom. The summed E-state index contributed by atoms with van der Waals surface area (Å²) in [6.45, 7) is 0.231. The van der Waals surface area contributed by atoms with Crippen LogP contribution in [-0.2, 0) is 6.54 Å². The zero-order valence-electron chi connectivity index (χ0n) is 16.8. The molecule has 2 aromatic heterocycles. The summed E-state index contributed by atoms with van der Waals surface area (Å²) in [6, 6.07) is 15.8. The van der Waals surface area contributed by atoms with Gasteiger partial charge in [0, 0.05) is 35.4 Å². The Balaban J connectivity index is 1.73. The van der Waals surface area contributed by atoms with Gasteiger partial charge in [-0.2, -0.15) is 0 Å². The minimum atomic E-state index is -0.613. The number of hydrogen-bond acceptors (Lipinski definition) is 8. The van der Waals surface area contributed by atoms with E-state index in [1.807, 2.05) is 30.3 Å². The lowest BCUT2D eigenvalue weighted by Crippen LogP contribution is -2.25. The van der Waals surface area contributed by atoms with Crippen molar-refractivity contribution in [1.29, 1.82) is 0 Å². The van der Waals surface area contributed by atoms with E-state index in [0.717, 1.165) is 5.56 Å². The Labute approximate surface area is 182 Å². The second-order valence-electron chi connectivity index (χ2n) is 6.87. The molecule has 10 nitrogen and oxygen atoms in total. The van der Waals surface area contributed by atoms with Crippen LogP contribution < -0.4 is 22.1 Å². The predicted molar refractivity (Wildman–Crippen MR) is 118 cm³/mol. The minimum absolute atomic E-state index is 0.136. The Hall–Kier alpha value is -4.57. The van der Waals surface area contributed by atoms with Crippen molar-refractivity contribution < 1.29 is 10.0 Å². The van der Waals surface area contributed by atoms with Crippen LogP contribution in [-0.4, -0.2) is 30.6 Å². The summed E-state index contributed by atoms with van der Waals surface area (Å²) in [6.07, 6.45) is 4.68. The normalized spacial score (nSPS) is 10.5. The second-order valence-corrected chi connectivity index (χ2v) is 6.87. The first kappa shape index (κ1) is 20.7. The molecule has 0 saturated carbocycles. The number of hydroxylamine groups is 1. The first-order valence-electron chi connectivity index (χ1n) is 9.58. The van der Waals surface area contributed by atoms with Crippen molar-refractivity contribution >= 4 is 23.4 Å². The number of nitrogens with zero attached hydrogens (tertiary/aromatic N) is 4. The highest BCUT2D eigenvalue weighted by atomic mass is 16.5. The summed E-state index contributed by atoms with van der Waals surface area (Å²) in [4.78, 5) is 37.1. The van der Waals surface area contributed by atoms with Crippen molar-refractivity contribution in [2.24, 2.45) is 0 Å². The van der Waals surface area contributed by atoms with Gasteiger partial charge in [0.05, 0.1) is 12.2 Å². The first-order chi connectivity index (χ1) is 15.5. The van der Waals surface area contributed by atoms with E-state index in [0.29, 0.717) is 22.5 Å². The van der Waals surface area contributed by atoms with Crippen LogP contribution in [0.25, 0.3) is 11.3 Å². The lowest BCUT2D eigenvalue weighted by Gasteiger charge is -2.13. The molecule has 0 aliphatic heterocycles. The maximum atomic E-state index is 13.1. The number of anilines is 3. The average Bonchev–Trinajstić information content (AvgIpc) is 2.82. The molecule has 0 bridgehead atoms. The van der Waals surface area contributed by atoms with E-state index in [1.165, 1.54) is 17.0 Å². The third kappa shape index (κ3) is 4.60. The van der Waals surface area contributed by atoms with Crippen LogP contribution in [0.4, 0.5) is 17.5 Å². The van der Waals surface area contributed by atoms with Gasteiger partial charge in [-0.1, -0.05) is 30.3 Å². The SMILES string of the molecule is Nc1ncc(-c2cn(Cc3ccc(C(=O)NO)cc3)c(=O)c(Nc3ccccc3)n2)cn1. The number of nitrogen functional groups attached to an aromatic ring is 1. The Morgan fingerprint density at radius 1 is 1.03 bits per heavy atom. The lowest BCUT2D eigenvalue weighted by molar-refractivity contribution is 0.0706. The van der Waals surface area contributed by atoms with Crippen molar-refractivity contribution in [3.8, 4) is 11.3 Å². The molecule has 160 valence electrons. The number of para-hydroxylation sites is 1. The molecular formula is C22H19N7O3. The number of carbonyl (C=O) groups excluding carboxylic acids is 1. The molecule has 0 fully saturated rings. The molecule has 0 spiro atoms. The van der Waals surface area contributed by atoms with E-state index < -0.39 is 5.91 Å². The highest BCUT2D eigenvalue weighted by Crippen LogP contribution is 2.19. The number of nitrogens with two attached hydrogens (primary N) is 1. The standard InChI is InChI=1S/C22H19N7O3/c23-22-24-10-16(11-25-22)18-13-29(12-14-6-8-15(9-7-14)20(30)28-32)21(31)19(27-18)26-17-4-2-1-3-5-17/h1-11,13,32H,12H2,(H,26,27)(H,28,30)(H2,23,24,25). The molecule has 0 unspecified atom stereocenters. The number of carbonyl (C=O) groups is 1. The molecular weight excluding hydrogens is 410 g/mol. The fourth-order valence-electron chi connectivity index (χ4n) is 3.03. The largest absolute Gasteiger partial charge is 0.368 e. The Morgan fingerprint density at radius 3 is 2.38 bits per heavy atom. The molecule has 1 amide bonds. The quantitative estimate of drug-likeness (QED) is 0.269. The predicted octanol–water partition coefficient (Wildman–Crippen LogP) is 2.19. The van der Waals surface area contributed by atoms with Crippen LogP contribution in [0.5, 0.6) is 0 Å². The number of aromatic nitrogens is 4. The van der Waals surface area contributed by atoms with Gasteiger partial charge in [0.25, 0.3) is 11.5 Å². The molecule has 0 radical (unpaired) electrons. The average molecular weight is 429 g/mol. The molecule has 4 aromatic rings. The third-order valence-corrected chi connectivity index (χ3v) is 4.65. The van der Waals surface area contributed by atoms with E-state index >= 15 is 0 Å². The van der Waals surface area contributed by atoms with Crippen molar-refractivity contribution in [2.75, 3.05) is 11.1 Å².